The molecule has 2 rings (SSSR count). The molecular weight excluding hydrogens is 228 g/mol. The minimum absolute atomic E-state index is 0.565. The van der Waals surface area contributed by atoms with Crippen molar-refractivity contribution in [2.45, 2.75) is 11.7 Å². The van der Waals surface area contributed by atoms with Gasteiger partial charge in [-0.15, -0.1) is 0 Å². The number of carboxylic acid groups (broad SMARTS) is 1. The molecular formula is C9H12N4O4. The minimum Gasteiger partial charge on any atom is -0.479 e. The molecule has 2 atom stereocenters. The van der Waals surface area contributed by atoms with Gasteiger partial charge in [-0.3, -0.25) is 9.69 Å². The largest absolute Gasteiger partial charge is 0.479 e. The molecule has 8 nitrogen and oxygen atoms in total. The molecule has 17 heavy (non-hydrogen) atoms. The lowest BCUT2D eigenvalue weighted by atomic mass is 9.90. The number of aliphatic carboxylic acids is 1. The second-order valence-corrected chi connectivity index (χ2v) is 4.08. The summed E-state index contributed by atoms with van der Waals surface area (Å²) in [6, 6.07) is -0.565. The van der Waals surface area contributed by atoms with E-state index in [0.717, 1.165) is 9.80 Å². The maximum absolute atomic E-state index is 12.1. The summed E-state index contributed by atoms with van der Waals surface area (Å²) in [6.07, 6.45) is 0.237. The molecule has 2 unspecified atom stereocenters. The lowest BCUT2D eigenvalue weighted by Gasteiger charge is -2.44. The summed E-state index contributed by atoms with van der Waals surface area (Å²) in [6.45, 7) is 0. The molecule has 0 bridgehead atoms. The predicted molar refractivity (Wildman–Crippen MR) is 56.3 cm³/mol. The second-order valence-electron chi connectivity index (χ2n) is 4.08. The number of fused-ring (bicyclic) bond motifs is 1. The summed E-state index contributed by atoms with van der Waals surface area (Å²) in [7, 11) is 4.13. The number of amides is 3. The van der Waals surface area contributed by atoms with E-state index in [2.05, 4.69) is 4.99 Å². The van der Waals surface area contributed by atoms with E-state index in [-0.39, 0.29) is 0 Å². The topological polar surface area (TPSA) is 93.5 Å². The van der Waals surface area contributed by atoms with E-state index in [9.17, 15) is 19.5 Å². The van der Waals surface area contributed by atoms with Crippen molar-refractivity contribution in [3.63, 3.8) is 0 Å². The Bertz CT molecular complexity index is 448. The van der Waals surface area contributed by atoms with Gasteiger partial charge in [0.2, 0.25) is 0 Å². The molecule has 1 N–H and O–H groups in total. The highest BCUT2D eigenvalue weighted by Gasteiger charge is 2.65. The van der Waals surface area contributed by atoms with Crippen LogP contribution in [-0.4, -0.2) is 76.9 Å². The summed E-state index contributed by atoms with van der Waals surface area (Å²) in [5.41, 5.74) is -1.85. The summed E-state index contributed by atoms with van der Waals surface area (Å²) in [4.78, 5) is 42.4. The second kappa shape index (κ2) is 3.19. The van der Waals surface area contributed by atoms with Crippen molar-refractivity contribution in [1.29, 1.82) is 0 Å². The van der Waals surface area contributed by atoms with Crippen molar-refractivity contribution in [3.05, 3.63) is 0 Å². The SMILES string of the molecule is CN1C(=O)N(C)C2N=CN(C)C2(C(=O)O)C1=O. The number of imide groups is 1. The van der Waals surface area contributed by atoms with Gasteiger partial charge in [0.15, 0.2) is 6.17 Å². The first kappa shape index (κ1) is 11.4. The fraction of sp³-hybridized carbons (Fsp3) is 0.556. The normalized spacial score (nSPS) is 32.2. The van der Waals surface area contributed by atoms with Gasteiger partial charge >= 0.3 is 12.0 Å². The van der Waals surface area contributed by atoms with Crippen LogP contribution in [0.15, 0.2) is 4.99 Å². The van der Waals surface area contributed by atoms with Crippen molar-refractivity contribution in [2.75, 3.05) is 21.1 Å². The molecule has 0 saturated carbocycles. The third kappa shape index (κ3) is 1.07. The van der Waals surface area contributed by atoms with Crippen LogP contribution in [0.5, 0.6) is 0 Å². The first-order valence-corrected chi connectivity index (χ1v) is 4.89. The molecule has 3 amide bonds. The summed E-state index contributed by atoms with van der Waals surface area (Å²) in [5, 5.41) is 9.35. The number of urea groups is 1. The van der Waals surface area contributed by atoms with Gasteiger partial charge < -0.3 is 14.9 Å². The highest BCUT2D eigenvalue weighted by atomic mass is 16.4. The Morgan fingerprint density at radius 3 is 2.53 bits per heavy atom. The van der Waals surface area contributed by atoms with Crippen LogP contribution in [0.25, 0.3) is 0 Å². The number of carbonyl (C=O) groups is 3. The Hall–Kier alpha value is -2.12. The van der Waals surface area contributed by atoms with Gasteiger partial charge in [0.25, 0.3) is 11.4 Å². The quantitative estimate of drug-likeness (QED) is 0.571. The molecule has 0 aromatic heterocycles. The maximum atomic E-state index is 12.1. The van der Waals surface area contributed by atoms with Gasteiger partial charge in [-0.25, -0.2) is 14.6 Å². The van der Waals surface area contributed by atoms with Crippen molar-refractivity contribution >= 4 is 24.2 Å². The molecule has 2 aliphatic heterocycles. The monoisotopic (exact) mass is 240 g/mol. The number of hydrogen-bond donors (Lipinski definition) is 1. The van der Waals surface area contributed by atoms with Crippen molar-refractivity contribution in [1.82, 2.24) is 14.7 Å². The fourth-order valence-corrected chi connectivity index (χ4v) is 2.22. The molecule has 0 aliphatic carbocycles. The van der Waals surface area contributed by atoms with Crippen LogP contribution >= 0.6 is 0 Å². The van der Waals surface area contributed by atoms with Gasteiger partial charge in [-0.1, -0.05) is 0 Å². The molecule has 0 aromatic rings. The van der Waals surface area contributed by atoms with Gasteiger partial charge in [0, 0.05) is 21.1 Å². The number of carboxylic acids is 1. The zero-order chi connectivity index (χ0) is 13.0. The average molecular weight is 240 g/mol. The molecule has 0 radical (unpaired) electrons. The standard InChI is InChI=1S/C9H12N4O4/c1-11-4-10-5-9(11,7(15)16)6(14)13(3)8(17)12(5)2/h4-5H,1-3H3,(H,15,16). The first-order chi connectivity index (χ1) is 7.85. The molecule has 8 heteroatoms. The molecule has 1 fully saturated rings. The molecule has 92 valence electrons. The van der Waals surface area contributed by atoms with E-state index in [1.807, 2.05) is 0 Å². The van der Waals surface area contributed by atoms with Crippen molar-refractivity contribution in [2.24, 2.45) is 4.99 Å². The van der Waals surface area contributed by atoms with E-state index < -0.39 is 29.6 Å². The Morgan fingerprint density at radius 2 is 2.00 bits per heavy atom. The predicted octanol–water partition coefficient (Wildman–Crippen LogP) is -1.37. The van der Waals surface area contributed by atoms with Crippen LogP contribution in [0.2, 0.25) is 0 Å². The summed E-state index contributed by atoms with van der Waals surface area (Å²) < 4.78 is 0. The van der Waals surface area contributed by atoms with Crippen LogP contribution in [0.1, 0.15) is 0 Å². The number of aliphatic imine (C=N–C) groups is 1. The highest BCUT2D eigenvalue weighted by molar-refractivity contribution is 6.16. The fourth-order valence-electron chi connectivity index (χ4n) is 2.22. The van der Waals surface area contributed by atoms with Crippen molar-refractivity contribution < 1.29 is 19.5 Å². The van der Waals surface area contributed by atoms with Gasteiger partial charge in [-0.05, 0) is 0 Å². The van der Waals surface area contributed by atoms with E-state index in [4.69, 9.17) is 0 Å². The number of rotatable bonds is 1. The number of carbonyl (C=O) groups excluding carboxylic acids is 2. The van der Waals surface area contributed by atoms with Crippen LogP contribution in [0.4, 0.5) is 4.79 Å². The first-order valence-electron chi connectivity index (χ1n) is 4.89. The number of nitrogens with zero attached hydrogens (tertiary/aromatic N) is 4. The van der Waals surface area contributed by atoms with Crippen LogP contribution in [0.3, 0.4) is 0 Å². The zero-order valence-electron chi connectivity index (χ0n) is 9.62. The highest BCUT2D eigenvalue weighted by Crippen LogP contribution is 2.33. The minimum atomic E-state index is -1.85. The third-order valence-electron chi connectivity index (χ3n) is 3.22. The van der Waals surface area contributed by atoms with E-state index in [0.29, 0.717) is 0 Å². The van der Waals surface area contributed by atoms with Crippen LogP contribution < -0.4 is 0 Å². The smallest absolute Gasteiger partial charge is 0.343 e. The van der Waals surface area contributed by atoms with Crippen molar-refractivity contribution in [3.8, 4) is 0 Å². The lowest BCUT2D eigenvalue weighted by molar-refractivity contribution is -0.163. The van der Waals surface area contributed by atoms with Gasteiger partial charge in [-0.2, -0.15) is 0 Å². The molecule has 1 saturated heterocycles. The van der Waals surface area contributed by atoms with E-state index in [1.54, 1.807) is 0 Å². The summed E-state index contributed by atoms with van der Waals surface area (Å²) >= 11 is 0. The van der Waals surface area contributed by atoms with E-state index >= 15 is 0 Å². The Labute approximate surface area is 97.1 Å². The Kier molecular flexibility index (Phi) is 2.13. The zero-order valence-corrected chi connectivity index (χ0v) is 9.62. The molecule has 2 heterocycles. The number of hydrogen-bond acceptors (Lipinski definition) is 5. The van der Waals surface area contributed by atoms with E-state index in [1.165, 1.54) is 32.4 Å². The summed E-state index contributed by atoms with van der Waals surface area (Å²) in [5.74, 6) is -2.10. The van der Waals surface area contributed by atoms with Crippen LogP contribution in [0, 0.1) is 0 Å². The maximum Gasteiger partial charge on any atom is 0.343 e. The number of likely N-dealkylation sites (N-methyl/N-ethyl adjacent to an activating group) is 3. The van der Waals surface area contributed by atoms with Gasteiger partial charge in [0.05, 0.1) is 6.34 Å². The molecule has 0 aromatic carbocycles. The Morgan fingerprint density at radius 1 is 1.41 bits per heavy atom. The van der Waals surface area contributed by atoms with Crippen LogP contribution in [-0.2, 0) is 9.59 Å². The lowest BCUT2D eigenvalue weighted by Crippen LogP contribution is -2.74. The molecule has 2 aliphatic rings. The molecule has 0 spiro atoms. The third-order valence-corrected chi connectivity index (χ3v) is 3.22. The Balaban J connectivity index is 2.60. The van der Waals surface area contributed by atoms with Gasteiger partial charge in [0.1, 0.15) is 0 Å². The average Bonchev–Trinajstić information content (AvgIpc) is 2.62.